The molecule has 0 saturated carbocycles. The lowest BCUT2D eigenvalue weighted by atomic mass is 10.4. The van der Waals surface area contributed by atoms with Gasteiger partial charge in [0.2, 0.25) is 0 Å². The second kappa shape index (κ2) is 2.13. The van der Waals surface area contributed by atoms with Crippen molar-refractivity contribution in [2.45, 2.75) is 0 Å². The summed E-state index contributed by atoms with van der Waals surface area (Å²) in [6.07, 6.45) is 3.22. The van der Waals surface area contributed by atoms with Crippen LogP contribution in [0.15, 0.2) is 24.5 Å². The second-order valence-electron chi connectivity index (χ2n) is 2.18. The normalized spacial score (nSPS) is 10.6. The van der Waals surface area contributed by atoms with Crippen LogP contribution in [0.25, 0.3) is 5.52 Å². The molecule has 0 atom stereocenters. The molecule has 0 radical (unpaired) electrons. The van der Waals surface area contributed by atoms with E-state index in [1.807, 2.05) is 0 Å². The van der Waals surface area contributed by atoms with Crippen LogP contribution in [0.2, 0.25) is 5.02 Å². The van der Waals surface area contributed by atoms with E-state index in [1.54, 1.807) is 18.3 Å². The molecule has 2 aromatic heterocycles. The first-order chi connectivity index (χ1) is 5.29. The molecule has 56 valence electrons. The van der Waals surface area contributed by atoms with Crippen molar-refractivity contribution in [2.24, 2.45) is 0 Å². The van der Waals surface area contributed by atoms with Gasteiger partial charge in [0.1, 0.15) is 11.3 Å². The van der Waals surface area contributed by atoms with Crippen molar-refractivity contribution in [2.75, 3.05) is 0 Å². The number of hydrogen-bond donors (Lipinski definition) is 1. The fourth-order valence-corrected chi connectivity index (χ4v) is 1.22. The smallest absolute Gasteiger partial charge is 0.142 e. The van der Waals surface area contributed by atoms with Crippen molar-refractivity contribution in [3.8, 4) is 5.75 Å². The topological polar surface area (TPSA) is 37.5 Å². The van der Waals surface area contributed by atoms with Crippen LogP contribution in [0.1, 0.15) is 0 Å². The largest absolute Gasteiger partial charge is 0.506 e. The molecule has 11 heavy (non-hydrogen) atoms. The maximum Gasteiger partial charge on any atom is 0.142 e. The van der Waals surface area contributed by atoms with Crippen molar-refractivity contribution < 1.29 is 5.11 Å². The van der Waals surface area contributed by atoms with Gasteiger partial charge in [0.15, 0.2) is 0 Å². The van der Waals surface area contributed by atoms with Crippen molar-refractivity contribution in [1.82, 2.24) is 9.61 Å². The average Bonchev–Trinajstić information content (AvgIpc) is 2.34. The van der Waals surface area contributed by atoms with E-state index in [0.29, 0.717) is 10.5 Å². The van der Waals surface area contributed by atoms with Crippen molar-refractivity contribution >= 4 is 17.1 Å². The number of rotatable bonds is 0. The molecular formula is C7H5ClN2O. The van der Waals surface area contributed by atoms with Gasteiger partial charge in [-0.15, -0.1) is 0 Å². The van der Waals surface area contributed by atoms with Gasteiger partial charge in [0, 0.05) is 6.20 Å². The minimum absolute atomic E-state index is 0.148. The molecule has 3 nitrogen and oxygen atoms in total. The van der Waals surface area contributed by atoms with Crippen LogP contribution in [-0.4, -0.2) is 14.7 Å². The van der Waals surface area contributed by atoms with E-state index in [2.05, 4.69) is 5.10 Å². The Hall–Kier alpha value is -1.22. The number of pyridine rings is 1. The minimum atomic E-state index is 0.148. The van der Waals surface area contributed by atoms with Gasteiger partial charge in [-0.2, -0.15) is 5.10 Å². The molecule has 2 aromatic rings. The molecule has 4 heteroatoms. The summed E-state index contributed by atoms with van der Waals surface area (Å²) in [7, 11) is 0. The summed E-state index contributed by atoms with van der Waals surface area (Å²) in [4.78, 5) is 0. The molecule has 0 aliphatic heterocycles. The Balaban J connectivity index is 2.96. The van der Waals surface area contributed by atoms with Crippen LogP contribution in [0, 0.1) is 0 Å². The zero-order valence-electron chi connectivity index (χ0n) is 5.53. The predicted molar refractivity (Wildman–Crippen MR) is 41.9 cm³/mol. The molecule has 0 fully saturated rings. The fourth-order valence-electron chi connectivity index (χ4n) is 0.989. The van der Waals surface area contributed by atoms with E-state index in [0.717, 1.165) is 0 Å². The molecule has 0 amide bonds. The molecule has 0 unspecified atom stereocenters. The monoisotopic (exact) mass is 168 g/mol. The van der Waals surface area contributed by atoms with Crippen LogP contribution >= 0.6 is 11.6 Å². The van der Waals surface area contributed by atoms with E-state index in [-0.39, 0.29) is 5.75 Å². The molecule has 0 aliphatic rings. The van der Waals surface area contributed by atoms with Gasteiger partial charge in [0.05, 0.1) is 11.2 Å². The summed E-state index contributed by atoms with van der Waals surface area (Å²) in [5, 5.41) is 13.7. The lowest BCUT2D eigenvalue weighted by Crippen LogP contribution is -1.83. The van der Waals surface area contributed by atoms with Crippen LogP contribution in [0.4, 0.5) is 0 Å². The molecule has 0 saturated heterocycles. The molecule has 0 aliphatic carbocycles. The van der Waals surface area contributed by atoms with E-state index in [4.69, 9.17) is 11.6 Å². The van der Waals surface area contributed by atoms with Gasteiger partial charge in [-0.25, -0.2) is 4.52 Å². The third-order valence-corrected chi connectivity index (χ3v) is 1.75. The lowest BCUT2D eigenvalue weighted by molar-refractivity contribution is 0.478. The van der Waals surface area contributed by atoms with Crippen molar-refractivity contribution in [1.29, 1.82) is 0 Å². The predicted octanol–water partition coefficient (Wildman–Crippen LogP) is 1.69. The number of fused-ring (bicyclic) bond motifs is 1. The first kappa shape index (κ1) is 6.49. The quantitative estimate of drug-likeness (QED) is 0.650. The summed E-state index contributed by atoms with van der Waals surface area (Å²) >= 11 is 5.73. The molecule has 0 spiro atoms. The van der Waals surface area contributed by atoms with Crippen LogP contribution in [-0.2, 0) is 0 Å². The van der Waals surface area contributed by atoms with Crippen LogP contribution in [0.5, 0.6) is 5.75 Å². The van der Waals surface area contributed by atoms with Gasteiger partial charge in [-0.05, 0) is 12.1 Å². The third kappa shape index (κ3) is 0.851. The van der Waals surface area contributed by atoms with E-state index >= 15 is 0 Å². The Bertz CT molecular complexity index is 396. The van der Waals surface area contributed by atoms with Gasteiger partial charge in [-0.1, -0.05) is 11.6 Å². The highest BCUT2D eigenvalue weighted by Gasteiger charge is 2.04. The number of hydrogen-bond acceptors (Lipinski definition) is 2. The summed E-state index contributed by atoms with van der Waals surface area (Å²) in [5.74, 6) is 0.148. The standard InChI is InChI=1S/C7H5ClN2O/c8-5-4-9-10-3-1-2-6(11)7(5)10/h1-4,11H. The van der Waals surface area contributed by atoms with Gasteiger partial charge in [0.25, 0.3) is 0 Å². The average molecular weight is 169 g/mol. The maximum atomic E-state index is 9.30. The van der Waals surface area contributed by atoms with Crippen molar-refractivity contribution in [3.05, 3.63) is 29.5 Å². The summed E-state index contributed by atoms with van der Waals surface area (Å²) < 4.78 is 1.53. The minimum Gasteiger partial charge on any atom is -0.506 e. The summed E-state index contributed by atoms with van der Waals surface area (Å²) in [6, 6.07) is 3.27. The molecule has 0 aromatic carbocycles. The fraction of sp³-hybridized carbons (Fsp3) is 0. The Labute approximate surface area is 67.8 Å². The third-order valence-electron chi connectivity index (χ3n) is 1.47. The van der Waals surface area contributed by atoms with Gasteiger partial charge < -0.3 is 5.11 Å². The highest BCUT2D eigenvalue weighted by Crippen LogP contribution is 2.24. The maximum absolute atomic E-state index is 9.30. The Kier molecular flexibility index (Phi) is 1.26. The number of aromatic nitrogens is 2. The van der Waals surface area contributed by atoms with Crippen LogP contribution < -0.4 is 0 Å². The number of halogens is 1. The van der Waals surface area contributed by atoms with Gasteiger partial charge >= 0.3 is 0 Å². The van der Waals surface area contributed by atoms with Crippen LogP contribution in [0.3, 0.4) is 0 Å². The summed E-state index contributed by atoms with van der Waals surface area (Å²) in [5.41, 5.74) is 0.550. The van der Waals surface area contributed by atoms with E-state index < -0.39 is 0 Å². The zero-order valence-corrected chi connectivity index (χ0v) is 6.28. The summed E-state index contributed by atoms with van der Waals surface area (Å²) in [6.45, 7) is 0. The molecule has 0 bridgehead atoms. The zero-order chi connectivity index (χ0) is 7.84. The highest BCUT2D eigenvalue weighted by molar-refractivity contribution is 6.34. The Morgan fingerprint density at radius 3 is 3.09 bits per heavy atom. The first-order valence-corrected chi connectivity index (χ1v) is 3.47. The van der Waals surface area contributed by atoms with Crippen molar-refractivity contribution in [3.63, 3.8) is 0 Å². The Morgan fingerprint density at radius 2 is 2.36 bits per heavy atom. The number of nitrogens with zero attached hydrogens (tertiary/aromatic N) is 2. The molecule has 1 N–H and O–H groups in total. The highest BCUT2D eigenvalue weighted by atomic mass is 35.5. The molecule has 2 rings (SSSR count). The molecule has 2 heterocycles. The van der Waals surface area contributed by atoms with Gasteiger partial charge in [-0.3, -0.25) is 0 Å². The number of aromatic hydroxyl groups is 1. The first-order valence-electron chi connectivity index (χ1n) is 3.10. The van der Waals surface area contributed by atoms with E-state index in [1.165, 1.54) is 10.7 Å². The van der Waals surface area contributed by atoms with E-state index in [9.17, 15) is 5.11 Å². The lowest BCUT2D eigenvalue weighted by Gasteiger charge is -1.94. The molecular weight excluding hydrogens is 164 g/mol. The SMILES string of the molecule is Oc1cccn2ncc(Cl)c12. The Morgan fingerprint density at radius 1 is 1.55 bits per heavy atom. The second-order valence-corrected chi connectivity index (χ2v) is 2.59.